The lowest BCUT2D eigenvalue weighted by Gasteiger charge is -2.20. The first-order valence-electron chi connectivity index (χ1n) is 9.28. The van der Waals surface area contributed by atoms with E-state index in [0.29, 0.717) is 24.6 Å². The average molecular weight is 398 g/mol. The Labute approximate surface area is 167 Å². The van der Waals surface area contributed by atoms with E-state index >= 15 is 0 Å². The minimum atomic E-state index is -0.770. The molecular formula is C20H22N4O5. The van der Waals surface area contributed by atoms with E-state index in [1.54, 1.807) is 24.5 Å². The molecule has 0 unspecified atom stereocenters. The minimum Gasteiger partial charge on any atom is -0.464 e. The zero-order valence-corrected chi connectivity index (χ0v) is 16.2. The molecule has 0 aromatic carbocycles. The summed E-state index contributed by atoms with van der Waals surface area (Å²) in [5.74, 6) is -0.0402. The zero-order chi connectivity index (χ0) is 20.6. The van der Waals surface area contributed by atoms with Crippen molar-refractivity contribution in [1.29, 1.82) is 0 Å². The van der Waals surface area contributed by atoms with Crippen molar-refractivity contribution in [3.05, 3.63) is 54.6 Å². The van der Waals surface area contributed by atoms with Crippen molar-refractivity contribution >= 4 is 11.9 Å². The second kappa shape index (κ2) is 9.63. The molecule has 3 heterocycles. The molecule has 1 amide bonds. The monoisotopic (exact) mass is 398 g/mol. The fourth-order valence-corrected chi connectivity index (χ4v) is 2.57. The largest absolute Gasteiger partial charge is 0.464 e. The second-order valence-electron chi connectivity index (χ2n) is 6.70. The number of aryl methyl sites for hydroxylation is 1. The third-order valence-electron chi connectivity index (χ3n) is 4.12. The van der Waals surface area contributed by atoms with Crippen LogP contribution in [0.3, 0.4) is 0 Å². The molecule has 3 rings (SSSR count). The lowest BCUT2D eigenvalue weighted by atomic mass is 10.0. The van der Waals surface area contributed by atoms with Crippen molar-refractivity contribution in [2.45, 2.75) is 32.7 Å². The SMILES string of the molecule is CC(C)[C@H](NC(=O)c1ccco1)C(=O)OCCCc1nc(-c2cccnc2)no1. The Hall–Kier alpha value is -3.49. The van der Waals surface area contributed by atoms with Crippen LogP contribution in [0.1, 0.15) is 36.7 Å². The van der Waals surface area contributed by atoms with Crippen LogP contribution in [0, 0.1) is 5.92 Å². The van der Waals surface area contributed by atoms with Crippen molar-refractivity contribution in [2.24, 2.45) is 5.92 Å². The number of pyridine rings is 1. The molecule has 3 aromatic rings. The van der Waals surface area contributed by atoms with E-state index in [1.165, 1.54) is 12.3 Å². The van der Waals surface area contributed by atoms with Crippen LogP contribution < -0.4 is 5.32 Å². The number of aromatic nitrogens is 3. The number of hydrogen-bond donors (Lipinski definition) is 1. The predicted octanol–water partition coefficient (Wildman–Crippen LogP) is 2.66. The number of furan rings is 1. The zero-order valence-electron chi connectivity index (χ0n) is 16.2. The molecule has 9 nitrogen and oxygen atoms in total. The Morgan fingerprint density at radius 3 is 2.79 bits per heavy atom. The maximum absolute atomic E-state index is 12.4. The van der Waals surface area contributed by atoms with Crippen molar-refractivity contribution in [1.82, 2.24) is 20.4 Å². The molecule has 152 valence electrons. The van der Waals surface area contributed by atoms with Gasteiger partial charge in [0.1, 0.15) is 6.04 Å². The molecule has 0 spiro atoms. The highest BCUT2D eigenvalue weighted by molar-refractivity contribution is 5.94. The molecule has 1 N–H and O–H groups in total. The molecule has 0 bridgehead atoms. The molecule has 3 aromatic heterocycles. The molecule has 0 saturated heterocycles. The number of rotatable bonds is 9. The van der Waals surface area contributed by atoms with E-state index < -0.39 is 17.9 Å². The van der Waals surface area contributed by atoms with E-state index in [-0.39, 0.29) is 18.3 Å². The number of carbonyl (C=O) groups is 2. The highest BCUT2D eigenvalue weighted by atomic mass is 16.5. The van der Waals surface area contributed by atoms with Gasteiger partial charge < -0.3 is 19.0 Å². The minimum absolute atomic E-state index is 0.139. The molecule has 9 heteroatoms. The molecule has 29 heavy (non-hydrogen) atoms. The Morgan fingerprint density at radius 2 is 2.10 bits per heavy atom. The van der Waals surface area contributed by atoms with Crippen molar-refractivity contribution in [3.63, 3.8) is 0 Å². The predicted molar refractivity (Wildman–Crippen MR) is 102 cm³/mol. The van der Waals surface area contributed by atoms with Gasteiger partial charge in [-0.1, -0.05) is 19.0 Å². The van der Waals surface area contributed by atoms with Gasteiger partial charge in [0.25, 0.3) is 5.91 Å². The molecule has 0 aliphatic carbocycles. The van der Waals surface area contributed by atoms with Gasteiger partial charge in [-0.05, 0) is 36.6 Å². The number of nitrogens with one attached hydrogen (secondary N) is 1. The van der Waals surface area contributed by atoms with Crippen LogP contribution in [0.25, 0.3) is 11.4 Å². The van der Waals surface area contributed by atoms with E-state index in [9.17, 15) is 9.59 Å². The maximum Gasteiger partial charge on any atom is 0.328 e. The molecule has 0 aliphatic rings. The van der Waals surface area contributed by atoms with Gasteiger partial charge in [0.15, 0.2) is 5.76 Å². The molecule has 0 fully saturated rings. The number of ether oxygens (including phenoxy) is 1. The summed E-state index contributed by atoms with van der Waals surface area (Å²) in [5, 5.41) is 6.56. The van der Waals surface area contributed by atoms with Crippen LogP contribution in [0.4, 0.5) is 0 Å². The van der Waals surface area contributed by atoms with Gasteiger partial charge in [-0.25, -0.2) is 4.79 Å². The fraction of sp³-hybridized carbons (Fsp3) is 0.350. The summed E-state index contributed by atoms with van der Waals surface area (Å²) in [5.41, 5.74) is 0.765. The smallest absolute Gasteiger partial charge is 0.328 e. The molecule has 0 saturated carbocycles. The lowest BCUT2D eigenvalue weighted by molar-refractivity contribution is -0.147. The van der Waals surface area contributed by atoms with E-state index in [4.69, 9.17) is 13.7 Å². The van der Waals surface area contributed by atoms with Gasteiger partial charge in [-0.2, -0.15) is 4.98 Å². The van der Waals surface area contributed by atoms with Crippen LogP contribution >= 0.6 is 0 Å². The molecule has 1 atom stereocenters. The third kappa shape index (κ3) is 5.50. The highest BCUT2D eigenvalue weighted by Gasteiger charge is 2.27. The summed E-state index contributed by atoms with van der Waals surface area (Å²) in [7, 11) is 0. The summed E-state index contributed by atoms with van der Waals surface area (Å²) in [6.07, 6.45) is 5.69. The van der Waals surface area contributed by atoms with Gasteiger partial charge >= 0.3 is 5.97 Å². The van der Waals surface area contributed by atoms with E-state index in [2.05, 4.69) is 20.4 Å². The number of hydrogen-bond acceptors (Lipinski definition) is 8. The van der Waals surface area contributed by atoms with Gasteiger partial charge in [-0.3, -0.25) is 9.78 Å². The summed E-state index contributed by atoms with van der Waals surface area (Å²) >= 11 is 0. The topological polar surface area (TPSA) is 120 Å². The van der Waals surface area contributed by atoms with Gasteiger partial charge in [0, 0.05) is 24.4 Å². The highest BCUT2D eigenvalue weighted by Crippen LogP contribution is 2.14. The van der Waals surface area contributed by atoms with Gasteiger partial charge in [0.05, 0.1) is 12.9 Å². The van der Waals surface area contributed by atoms with Crippen LogP contribution in [-0.2, 0) is 16.0 Å². The standard InChI is InChI=1S/C20H22N4O5/c1-13(2)17(23-19(25)15-7-4-10-27-15)20(26)28-11-5-8-16-22-18(24-29-16)14-6-3-9-21-12-14/h3-4,6-7,9-10,12-13,17H,5,8,11H2,1-2H3,(H,23,25)/t17-/m0/s1. The first-order chi connectivity index (χ1) is 14.0. The second-order valence-corrected chi connectivity index (χ2v) is 6.70. The Bertz CT molecular complexity index is 922. The fourth-order valence-electron chi connectivity index (χ4n) is 2.57. The number of carbonyl (C=O) groups excluding carboxylic acids is 2. The molecule has 0 aliphatic heterocycles. The van der Waals surface area contributed by atoms with Gasteiger partial charge in [0.2, 0.25) is 11.7 Å². The van der Waals surface area contributed by atoms with Crippen LogP contribution in [-0.4, -0.2) is 39.6 Å². The average Bonchev–Trinajstić information content (AvgIpc) is 3.42. The maximum atomic E-state index is 12.4. The first kappa shape index (κ1) is 20.2. The number of nitrogens with zero attached hydrogens (tertiary/aromatic N) is 3. The summed E-state index contributed by atoms with van der Waals surface area (Å²) in [6, 6.07) is 6.00. The normalized spacial score (nSPS) is 12.0. The van der Waals surface area contributed by atoms with Crippen LogP contribution in [0.15, 0.2) is 51.9 Å². The summed E-state index contributed by atoms with van der Waals surface area (Å²) in [6.45, 7) is 3.82. The number of esters is 1. The van der Waals surface area contributed by atoms with E-state index in [1.807, 2.05) is 19.9 Å². The van der Waals surface area contributed by atoms with Crippen molar-refractivity contribution < 1.29 is 23.3 Å². The third-order valence-corrected chi connectivity index (χ3v) is 4.12. The Morgan fingerprint density at radius 1 is 1.24 bits per heavy atom. The quantitative estimate of drug-likeness (QED) is 0.431. The van der Waals surface area contributed by atoms with Crippen molar-refractivity contribution in [2.75, 3.05) is 6.61 Å². The summed E-state index contributed by atoms with van der Waals surface area (Å²) in [4.78, 5) is 32.8. The Balaban J connectivity index is 1.46. The van der Waals surface area contributed by atoms with Crippen LogP contribution in [0.5, 0.6) is 0 Å². The van der Waals surface area contributed by atoms with E-state index in [0.717, 1.165) is 5.56 Å². The lowest BCUT2D eigenvalue weighted by Crippen LogP contribution is -2.45. The number of amides is 1. The first-order valence-corrected chi connectivity index (χ1v) is 9.28. The molecular weight excluding hydrogens is 376 g/mol. The van der Waals surface area contributed by atoms with Gasteiger partial charge in [-0.15, -0.1) is 0 Å². The molecule has 0 radical (unpaired) electrons. The van der Waals surface area contributed by atoms with Crippen LogP contribution in [0.2, 0.25) is 0 Å². The van der Waals surface area contributed by atoms with Crippen molar-refractivity contribution in [3.8, 4) is 11.4 Å². The summed E-state index contributed by atoms with van der Waals surface area (Å²) < 4.78 is 15.6. The Kier molecular flexibility index (Phi) is 6.72.